The maximum Gasteiger partial charge on any atom is 0.339 e. The molecular formula is C9H14N2O3. The van der Waals surface area contributed by atoms with Gasteiger partial charge in [0, 0.05) is 18.3 Å². The molecule has 1 rings (SSSR count). The van der Waals surface area contributed by atoms with Crippen LogP contribution in [0.3, 0.4) is 0 Å². The zero-order chi connectivity index (χ0) is 10.6. The first-order chi connectivity index (χ1) is 6.69. The van der Waals surface area contributed by atoms with Crippen LogP contribution in [0.5, 0.6) is 0 Å². The van der Waals surface area contributed by atoms with Crippen molar-refractivity contribution < 1.29 is 14.6 Å². The molecule has 0 saturated carbocycles. The molecule has 1 aromatic rings. The van der Waals surface area contributed by atoms with Crippen LogP contribution in [0.2, 0.25) is 0 Å². The Balaban J connectivity index is 2.70. The molecule has 0 aliphatic heterocycles. The van der Waals surface area contributed by atoms with Gasteiger partial charge in [-0.2, -0.15) is 5.10 Å². The second kappa shape index (κ2) is 4.76. The first kappa shape index (κ1) is 10.7. The number of hydrogen-bond donors (Lipinski definition) is 1. The summed E-state index contributed by atoms with van der Waals surface area (Å²) < 4.78 is 6.09. The third kappa shape index (κ3) is 2.32. The second-order valence-electron chi connectivity index (χ2n) is 2.96. The molecule has 0 aromatic carbocycles. The lowest BCUT2D eigenvalue weighted by Crippen LogP contribution is -2.12. The Morgan fingerprint density at radius 1 is 1.79 bits per heavy atom. The number of hydrogen-bond acceptors (Lipinski definition) is 4. The zero-order valence-electron chi connectivity index (χ0n) is 8.30. The first-order valence-corrected chi connectivity index (χ1v) is 4.47. The summed E-state index contributed by atoms with van der Waals surface area (Å²) in [5.74, 6) is -0.666. The van der Waals surface area contributed by atoms with E-state index in [4.69, 9.17) is 0 Å². The fraction of sp³-hybridized carbons (Fsp3) is 0.556. The average Bonchev–Trinajstić information content (AvgIpc) is 2.64. The molecule has 1 atom stereocenters. The van der Waals surface area contributed by atoms with E-state index < -0.39 is 12.1 Å². The van der Waals surface area contributed by atoms with Gasteiger partial charge in [-0.3, -0.25) is 4.68 Å². The number of aliphatic hydroxyl groups excluding tert-OH is 1. The quantitative estimate of drug-likeness (QED) is 0.715. The van der Waals surface area contributed by atoms with Gasteiger partial charge in [-0.05, 0) is 6.42 Å². The highest BCUT2D eigenvalue weighted by Gasteiger charge is 2.19. The Kier molecular flexibility index (Phi) is 3.64. The normalized spacial score (nSPS) is 12.5. The number of aryl methyl sites for hydroxylation is 1. The Morgan fingerprint density at radius 2 is 2.50 bits per heavy atom. The van der Waals surface area contributed by atoms with Crippen molar-refractivity contribution in [2.24, 2.45) is 0 Å². The van der Waals surface area contributed by atoms with Gasteiger partial charge < -0.3 is 9.84 Å². The molecule has 1 heterocycles. The molecule has 0 amide bonds. The highest BCUT2D eigenvalue weighted by atomic mass is 16.5. The van der Waals surface area contributed by atoms with Crippen molar-refractivity contribution in [2.75, 3.05) is 7.11 Å². The smallest absolute Gasteiger partial charge is 0.339 e. The van der Waals surface area contributed by atoms with E-state index in [9.17, 15) is 9.90 Å². The number of aromatic nitrogens is 2. The van der Waals surface area contributed by atoms with Crippen LogP contribution in [-0.4, -0.2) is 28.0 Å². The van der Waals surface area contributed by atoms with Gasteiger partial charge in [-0.1, -0.05) is 6.92 Å². The van der Waals surface area contributed by atoms with Crippen molar-refractivity contribution in [2.45, 2.75) is 26.0 Å². The van der Waals surface area contributed by atoms with Crippen molar-refractivity contribution in [3.8, 4) is 0 Å². The van der Waals surface area contributed by atoms with Crippen LogP contribution in [0.1, 0.15) is 25.0 Å². The molecule has 0 fully saturated rings. The lowest BCUT2D eigenvalue weighted by Gasteiger charge is -2.04. The van der Waals surface area contributed by atoms with E-state index in [1.807, 2.05) is 6.92 Å². The van der Waals surface area contributed by atoms with Crippen molar-refractivity contribution in [1.29, 1.82) is 0 Å². The van der Waals surface area contributed by atoms with Gasteiger partial charge in [0.15, 0.2) is 6.10 Å². The van der Waals surface area contributed by atoms with Gasteiger partial charge in [0.2, 0.25) is 0 Å². The summed E-state index contributed by atoms with van der Waals surface area (Å²) in [7, 11) is 1.24. The number of nitrogens with zero attached hydrogens (tertiary/aromatic N) is 2. The van der Waals surface area contributed by atoms with E-state index in [0.29, 0.717) is 5.56 Å². The van der Waals surface area contributed by atoms with Gasteiger partial charge in [-0.15, -0.1) is 0 Å². The molecule has 0 saturated heterocycles. The van der Waals surface area contributed by atoms with E-state index in [1.54, 1.807) is 10.9 Å². The van der Waals surface area contributed by atoms with E-state index in [1.165, 1.54) is 13.3 Å². The largest absolute Gasteiger partial charge is 0.467 e. The lowest BCUT2D eigenvalue weighted by molar-refractivity contribution is -0.150. The number of ether oxygens (including phenoxy) is 1. The number of esters is 1. The number of rotatable bonds is 4. The molecule has 5 nitrogen and oxygen atoms in total. The topological polar surface area (TPSA) is 64.4 Å². The average molecular weight is 198 g/mol. The van der Waals surface area contributed by atoms with Gasteiger partial charge >= 0.3 is 5.97 Å². The molecule has 1 unspecified atom stereocenters. The molecule has 1 N–H and O–H groups in total. The maximum atomic E-state index is 11.0. The van der Waals surface area contributed by atoms with Gasteiger partial charge in [0.25, 0.3) is 0 Å². The van der Waals surface area contributed by atoms with Gasteiger partial charge in [0.05, 0.1) is 13.3 Å². The van der Waals surface area contributed by atoms with E-state index in [0.717, 1.165) is 13.0 Å². The summed E-state index contributed by atoms with van der Waals surface area (Å²) in [6.45, 7) is 2.80. The number of carbonyl (C=O) groups excluding carboxylic acids is 1. The minimum Gasteiger partial charge on any atom is -0.467 e. The zero-order valence-corrected chi connectivity index (χ0v) is 8.30. The minimum atomic E-state index is -1.23. The molecule has 0 aliphatic carbocycles. The third-order valence-electron chi connectivity index (χ3n) is 1.85. The first-order valence-electron chi connectivity index (χ1n) is 4.47. The Bertz CT molecular complexity index is 309. The highest BCUT2D eigenvalue weighted by molar-refractivity contribution is 5.75. The summed E-state index contributed by atoms with van der Waals surface area (Å²) in [5, 5.41) is 13.4. The van der Waals surface area contributed by atoms with Crippen LogP contribution >= 0.6 is 0 Å². The predicted molar refractivity (Wildman–Crippen MR) is 49.5 cm³/mol. The third-order valence-corrected chi connectivity index (χ3v) is 1.85. The fourth-order valence-corrected chi connectivity index (χ4v) is 1.12. The molecule has 5 heteroatoms. The Hall–Kier alpha value is -1.36. The monoisotopic (exact) mass is 198 g/mol. The minimum absolute atomic E-state index is 0.463. The van der Waals surface area contributed by atoms with Crippen LogP contribution in [-0.2, 0) is 16.1 Å². The summed E-state index contributed by atoms with van der Waals surface area (Å²) in [5.41, 5.74) is 0.463. The SMILES string of the molecule is CCCn1cc(C(O)C(=O)OC)cn1. The highest BCUT2D eigenvalue weighted by Crippen LogP contribution is 2.12. The van der Waals surface area contributed by atoms with E-state index in [2.05, 4.69) is 9.84 Å². The summed E-state index contributed by atoms with van der Waals surface area (Å²) in [4.78, 5) is 11.0. The molecule has 0 bridgehead atoms. The van der Waals surface area contributed by atoms with Gasteiger partial charge in [0.1, 0.15) is 0 Å². The lowest BCUT2D eigenvalue weighted by atomic mass is 10.2. The predicted octanol–water partition coefficient (Wildman–Crippen LogP) is 0.499. The van der Waals surface area contributed by atoms with E-state index in [-0.39, 0.29) is 0 Å². The number of aliphatic hydroxyl groups is 1. The molecule has 1 aromatic heterocycles. The fourth-order valence-electron chi connectivity index (χ4n) is 1.12. The van der Waals surface area contributed by atoms with Crippen molar-refractivity contribution in [1.82, 2.24) is 9.78 Å². The molecule has 0 spiro atoms. The van der Waals surface area contributed by atoms with Crippen LogP contribution in [0.4, 0.5) is 0 Å². The second-order valence-corrected chi connectivity index (χ2v) is 2.96. The molecule has 78 valence electrons. The summed E-state index contributed by atoms with van der Waals surface area (Å²) in [6, 6.07) is 0. The standard InChI is InChI=1S/C9H14N2O3/c1-3-4-11-6-7(5-10-11)8(12)9(13)14-2/h5-6,8,12H,3-4H2,1-2H3. The van der Waals surface area contributed by atoms with Crippen LogP contribution in [0, 0.1) is 0 Å². The molecule has 0 aliphatic rings. The van der Waals surface area contributed by atoms with Crippen molar-refractivity contribution in [3.05, 3.63) is 18.0 Å². The van der Waals surface area contributed by atoms with Crippen molar-refractivity contribution in [3.63, 3.8) is 0 Å². The Labute approximate surface area is 82.3 Å². The van der Waals surface area contributed by atoms with Gasteiger partial charge in [-0.25, -0.2) is 4.79 Å². The molecular weight excluding hydrogens is 184 g/mol. The van der Waals surface area contributed by atoms with Crippen LogP contribution < -0.4 is 0 Å². The molecule has 14 heavy (non-hydrogen) atoms. The summed E-state index contributed by atoms with van der Waals surface area (Å²) >= 11 is 0. The van der Waals surface area contributed by atoms with Crippen molar-refractivity contribution >= 4 is 5.97 Å². The summed E-state index contributed by atoms with van der Waals surface area (Å²) in [6.07, 6.45) is 2.84. The molecule has 0 radical (unpaired) electrons. The number of methoxy groups -OCH3 is 1. The Morgan fingerprint density at radius 3 is 3.07 bits per heavy atom. The van der Waals surface area contributed by atoms with Crippen LogP contribution in [0.15, 0.2) is 12.4 Å². The van der Waals surface area contributed by atoms with E-state index >= 15 is 0 Å². The van der Waals surface area contributed by atoms with Crippen LogP contribution in [0.25, 0.3) is 0 Å². The maximum absolute atomic E-state index is 11.0. The number of carbonyl (C=O) groups is 1.